The van der Waals surface area contributed by atoms with Crippen molar-refractivity contribution in [2.24, 2.45) is 0 Å². The molecule has 0 saturated carbocycles. The lowest BCUT2D eigenvalue weighted by Crippen LogP contribution is -2.30. The van der Waals surface area contributed by atoms with Gasteiger partial charge >= 0.3 is 0 Å². The van der Waals surface area contributed by atoms with Gasteiger partial charge in [-0.2, -0.15) is 0 Å². The van der Waals surface area contributed by atoms with Gasteiger partial charge in [-0.1, -0.05) is 54.6 Å². The van der Waals surface area contributed by atoms with E-state index in [2.05, 4.69) is 5.32 Å². The fourth-order valence-electron chi connectivity index (χ4n) is 3.13. The lowest BCUT2D eigenvalue weighted by Gasteiger charge is -2.22. The molecule has 0 aromatic heterocycles. The molecule has 0 aliphatic heterocycles. The highest BCUT2D eigenvalue weighted by Gasteiger charge is 2.20. The SMILES string of the molecule is Cc1ccccc1[C@H](NC(=O)c1ccc(N(C)S(C)(=O)=O)cc1)c1ccccc1. The smallest absolute Gasteiger partial charge is 0.252 e. The van der Waals surface area contributed by atoms with Crippen LogP contribution in [-0.4, -0.2) is 27.6 Å². The Bertz CT molecular complexity index is 1090. The zero-order chi connectivity index (χ0) is 21.0. The fourth-order valence-corrected chi connectivity index (χ4v) is 3.63. The monoisotopic (exact) mass is 408 g/mol. The van der Waals surface area contributed by atoms with Crippen molar-refractivity contribution in [3.63, 3.8) is 0 Å². The number of sulfonamides is 1. The summed E-state index contributed by atoms with van der Waals surface area (Å²) < 4.78 is 24.6. The second kappa shape index (κ2) is 8.49. The largest absolute Gasteiger partial charge is 0.341 e. The highest BCUT2D eigenvalue weighted by Crippen LogP contribution is 2.25. The van der Waals surface area contributed by atoms with E-state index in [1.165, 1.54) is 11.4 Å². The van der Waals surface area contributed by atoms with Crippen molar-refractivity contribution in [1.82, 2.24) is 5.32 Å². The molecule has 0 heterocycles. The number of hydrogen-bond donors (Lipinski definition) is 1. The highest BCUT2D eigenvalue weighted by atomic mass is 32.2. The van der Waals surface area contributed by atoms with E-state index in [4.69, 9.17) is 0 Å². The average molecular weight is 409 g/mol. The molecule has 0 aliphatic carbocycles. The molecule has 0 fully saturated rings. The van der Waals surface area contributed by atoms with Crippen LogP contribution < -0.4 is 9.62 Å². The molecule has 29 heavy (non-hydrogen) atoms. The molecule has 0 aliphatic rings. The van der Waals surface area contributed by atoms with Crippen LogP contribution in [0.3, 0.4) is 0 Å². The molecule has 3 aromatic carbocycles. The minimum absolute atomic E-state index is 0.226. The number of hydrogen-bond acceptors (Lipinski definition) is 3. The first kappa shape index (κ1) is 20.6. The van der Waals surface area contributed by atoms with Crippen LogP contribution in [0.15, 0.2) is 78.9 Å². The minimum atomic E-state index is -3.35. The van der Waals surface area contributed by atoms with E-state index >= 15 is 0 Å². The van der Waals surface area contributed by atoms with Crippen LogP contribution in [0.1, 0.15) is 33.1 Å². The maximum absolute atomic E-state index is 12.9. The number of rotatable bonds is 6. The Kier molecular flexibility index (Phi) is 6.03. The molecule has 0 spiro atoms. The Morgan fingerprint density at radius 2 is 1.48 bits per heavy atom. The number of carbonyl (C=O) groups is 1. The summed E-state index contributed by atoms with van der Waals surface area (Å²) in [6.45, 7) is 2.02. The van der Waals surface area contributed by atoms with Gasteiger partial charge in [0.1, 0.15) is 0 Å². The van der Waals surface area contributed by atoms with Crippen molar-refractivity contribution in [1.29, 1.82) is 0 Å². The van der Waals surface area contributed by atoms with Crippen LogP contribution in [0.4, 0.5) is 5.69 Å². The Hall–Kier alpha value is -3.12. The molecule has 0 unspecified atom stereocenters. The number of amides is 1. The molecule has 3 rings (SSSR count). The van der Waals surface area contributed by atoms with Gasteiger partial charge in [-0.25, -0.2) is 8.42 Å². The molecule has 5 nitrogen and oxygen atoms in total. The maximum atomic E-state index is 12.9. The second-order valence-electron chi connectivity index (χ2n) is 6.95. The van der Waals surface area contributed by atoms with Crippen molar-refractivity contribution < 1.29 is 13.2 Å². The zero-order valence-corrected chi connectivity index (χ0v) is 17.5. The van der Waals surface area contributed by atoms with Gasteiger partial charge in [0.05, 0.1) is 18.0 Å². The highest BCUT2D eigenvalue weighted by molar-refractivity contribution is 7.92. The third-order valence-corrected chi connectivity index (χ3v) is 6.10. The van der Waals surface area contributed by atoms with Crippen LogP contribution in [0.2, 0.25) is 0 Å². The van der Waals surface area contributed by atoms with E-state index in [0.717, 1.165) is 22.9 Å². The van der Waals surface area contributed by atoms with Crippen LogP contribution in [0, 0.1) is 6.92 Å². The summed E-state index contributed by atoms with van der Waals surface area (Å²) in [7, 11) is -1.87. The van der Waals surface area contributed by atoms with Gasteiger partial charge in [-0.05, 0) is 47.9 Å². The Morgan fingerprint density at radius 1 is 0.897 bits per heavy atom. The van der Waals surface area contributed by atoms with Gasteiger partial charge < -0.3 is 5.32 Å². The van der Waals surface area contributed by atoms with Crippen molar-refractivity contribution >= 4 is 21.6 Å². The topological polar surface area (TPSA) is 66.5 Å². The van der Waals surface area contributed by atoms with Crippen LogP contribution in [-0.2, 0) is 10.0 Å². The zero-order valence-electron chi connectivity index (χ0n) is 16.7. The van der Waals surface area contributed by atoms with Gasteiger partial charge in [0, 0.05) is 12.6 Å². The Labute approximate surface area is 172 Å². The summed E-state index contributed by atoms with van der Waals surface area (Å²) in [6, 6.07) is 24.0. The molecule has 0 radical (unpaired) electrons. The molecular formula is C23H24N2O3S. The van der Waals surface area contributed by atoms with Crippen molar-refractivity contribution in [2.75, 3.05) is 17.6 Å². The predicted octanol–water partition coefficient (Wildman–Crippen LogP) is 3.91. The number of anilines is 1. The van der Waals surface area contributed by atoms with E-state index < -0.39 is 10.0 Å². The number of benzene rings is 3. The molecule has 0 bridgehead atoms. The number of aryl methyl sites for hydroxylation is 1. The van der Waals surface area contributed by atoms with E-state index in [-0.39, 0.29) is 11.9 Å². The quantitative estimate of drug-likeness (QED) is 0.672. The fraction of sp³-hybridized carbons (Fsp3) is 0.174. The molecule has 0 saturated heterocycles. The van der Waals surface area contributed by atoms with E-state index in [9.17, 15) is 13.2 Å². The number of carbonyl (C=O) groups excluding carboxylic acids is 1. The maximum Gasteiger partial charge on any atom is 0.252 e. The molecule has 150 valence electrons. The molecule has 3 aromatic rings. The first-order valence-electron chi connectivity index (χ1n) is 9.22. The third-order valence-electron chi connectivity index (χ3n) is 4.90. The van der Waals surface area contributed by atoms with Gasteiger partial charge in [0.25, 0.3) is 5.91 Å². The van der Waals surface area contributed by atoms with Crippen LogP contribution in [0.25, 0.3) is 0 Å². The Morgan fingerprint density at radius 3 is 2.07 bits per heavy atom. The summed E-state index contributed by atoms with van der Waals surface area (Å²) >= 11 is 0. The lowest BCUT2D eigenvalue weighted by atomic mass is 9.94. The average Bonchev–Trinajstić information content (AvgIpc) is 2.72. The van der Waals surface area contributed by atoms with E-state index in [1.807, 2.05) is 61.5 Å². The van der Waals surface area contributed by atoms with Crippen molar-refractivity contribution in [3.8, 4) is 0 Å². The third kappa shape index (κ3) is 4.84. The van der Waals surface area contributed by atoms with Crippen molar-refractivity contribution in [2.45, 2.75) is 13.0 Å². The first-order valence-corrected chi connectivity index (χ1v) is 11.1. The van der Waals surface area contributed by atoms with Gasteiger partial charge in [0.2, 0.25) is 10.0 Å². The van der Waals surface area contributed by atoms with Gasteiger partial charge in [0.15, 0.2) is 0 Å². The van der Waals surface area contributed by atoms with Gasteiger partial charge in [-0.15, -0.1) is 0 Å². The standard InChI is InChI=1S/C23H24N2O3S/c1-17-9-7-8-12-21(17)22(18-10-5-4-6-11-18)24-23(26)19-13-15-20(16-14-19)25(2)29(3,27)28/h4-16,22H,1-3H3,(H,24,26)/t22-/m1/s1. The number of nitrogens with zero attached hydrogens (tertiary/aromatic N) is 1. The van der Waals surface area contributed by atoms with Gasteiger partial charge in [-0.3, -0.25) is 9.10 Å². The van der Waals surface area contributed by atoms with Crippen LogP contribution >= 0.6 is 0 Å². The summed E-state index contributed by atoms with van der Waals surface area (Å²) in [5, 5.41) is 3.11. The van der Waals surface area contributed by atoms with E-state index in [1.54, 1.807) is 24.3 Å². The molecule has 1 amide bonds. The second-order valence-corrected chi connectivity index (χ2v) is 8.96. The summed E-state index contributed by atoms with van der Waals surface area (Å²) in [4.78, 5) is 12.9. The minimum Gasteiger partial charge on any atom is -0.341 e. The molecular weight excluding hydrogens is 384 g/mol. The summed E-state index contributed by atoms with van der Waals surface area (Å²) in [6.07, 6.45) is 1.14. The molecule has 1 N–H and O–H groups in total. The summed E-state index contributed by atoms with van der Waals surface area (Å²) in [5.41, 5.74) is 4.07. The molecule has 1 atom stereocenters. The molecule has 6 heteroatoms. The lowest BCUT2D eigenvalue weighted by molar-refractivity contribution is 0.0943. The van der Waals surface area contributed by atoms with Crippen LogP contribution in [0.5, 0.6) is 0 Å². The Balaban J connectivity index is 1.89. The number of nitrogens with one attached hydrogen (secondary N) is 1. The van der Waals surface area contributed by atoms with E-state index in [0.29, 0.717) is 11.3 Å². The normalized spacial score (nSPS) is 12.2. The van der Waals surface area contributed by atoms with Crippen molar-refractivity contribution in [3.05, 3.63) is 101 Å². The summed E-state index contributed by atoms with van der Waals surface area (Å²) in [5.74, 6) is -0.226. The predicted molar refractivity (Wildman–Crippen MR) is 117 cm³/mol. The first-order chi connectivity index (χ1) is 13.8.